The highest BCUT2D eigenvalue weighted by molar-refractivity contribution is 7.85. The Balaban J connectivity index is 2.59. The molecule has 0 bridgehead atoms. The third kappa shape index (κ3) is 4.65. The lowest BCUT2D eigenvalue weighted by Crippen LogP contribution is -2.46. The maximum Gasteiger partial charge on any atom is 0.0501 e. The molecule has 1 fully saturated rings. The summed E-state index contributed by atoms with van der Waals surface area (Å²) >= 11 is 0. The first-order valence-electron chi connectivity index (χ1n) is 7.34. The van der Waals surface area contributed by atoms with Crippen molar-refractivity contribution in [3.05, 3.63) is 0 Å². The fourth-order valence-electron chi connectivity index (χ4n) is 2.74. The highest BCUT2D eigenvalue weighted by Gasteiger charge is 2.36. The highest BCUT2D eigenvalue weighted by Crippen LogP contribution is 2.39. The first-order chi connectivity index (χ1) is 8.21. The van der Waals surface area contributed by atoms with Crippen LogP contribution in [0.3, 0.4) is 0 Å². The highest BCUT2D eigenvalue weighted by atomic mass is 32.2. The van der Waals surface area contributed by atoms with Crippen LogP contribution in [0.25, 0.3) is 0 Å². The summed E-state index contributed by atoms with van der Waals surface area (Å²) in [5.41, 5.74) is 6.52. The van der Waals surface area contributed by atoms with Crippen LogP contribution in [0.1, 0.15) is 60.3 Å². The smallest absolute Gasteiger partial charge is 0.0501 e. The summed E-state index contributed by atoms with van der Waals surface area (Å²) in [7, 11) is -0.738. The van der Waals surface area contributed by atoms with Crippen LogP contribution in [0.5, 0.6) is 0 Å². The molecule has 108 valence electrons. The number of hydrogen-bond donors (Lipinski definition) is 1. The Kier molecular flexibility index (Phi) is 5.85. The minimum Gasteiger partial charge on any atom is -0.327 e. The molecule has 0 aromatic heterocycles. The molecule has 1 saturated carbocycles. The average Bonchev–Trinajstić information content (AvgIpc) is 2.24. The van der Waals surface area contributed by atoms with Crippen molar-refractivity contribution in [2.24, 2.45) is 23.0 Å². The second-order valence-corrected chi connectivity index (χ2v) is 9.12. The molecule has 0 heterocycles. The monoisotopic (exact) mass is 273 g/mol. The van der Waals surface area contributed by atoms with E-state index < -0.39 is 10.8 Å². The van der Waals surface area contributed by atoms with Crippen molar-refractivity contribution in [3.8, 4) is 0 Å². The third-order valence-corrected chi connectivity index (χ3v) is 6.16. The van der Waals surface area contributed by atoms with Gasteiger partial charge in [0.1, 0.15) is 0 Å². The Morgan fingerprint density at radius 1 is 1.28 bits per heavy atom. The molecule has 3 heteroatoms. The van der Waals surface area contributed by atoms with Gasteiger partial charge in [-0.25, -0.2) is 0 Å². The zero-order valence-electron chi connectivity index (χ0n) is 12.7. The predicted molar refractivity (Wildman–Crippen MR) is 81.0 cm³/mol. The van der Waals surface area contributed by atoms with Gasteiger partial charge < -0.3 is 5.73 Å². The van der Waals surface area contributed by atoms with Crippen molar-refractivity contribution in [2.75, 3.05) is 5.75 Å². The van der Waals surface area contributed by atoms with Crippen LogP contribution in [-0.2, 0) is 10.8 Å². The summed E-state index contributed by atoms with van der Waals surface area (Å²) in [5, 5.41) is 0.224. The largest absolute Gasteiger partial charge is 0.327 e. The number of hydrogen-bond acceptors (Lipinski definition) is 2. The zero-order valence-corrected chi connectivity index (χ0v) is 13.6. The molecule has 2 nitrogen and oxygen atoms in total. The van der Waals surface area contributed by atoms with E-state index >= 15 is 0 Å². The van der Waals surface area contributed by atoms with E-state index in [1.807, 2.05) is 0 Å². The standard InChI is InChI=1S/C15H31NOS/c1-11(2)8-9-18(17)14-10-12(15(3,4)5)6-7-13(14)16/h11-14H,6-10,16H2,1-5H3. The summed E-state index contributed by atoms with van der Waals surface area (Å²) in [4.78, 5) is 0. The molecule has 0 aromatic rings. The summed E-state index contributed by atoms with van der Waals surface area (Å²) in [5.74, 6) is 2.13. The normalized spacial score (nSPS) is 31.6. The molecule has 0 radical (unpaired) electrons. The van der Waals surface area contributed by atoms with Crippen molar-refractivity contribution in [2.45, 2.75) is 71.6 Å². The van der Waals surface area contributed by atoms with Gasteiger partial charge in [0.15, 0.2) is 0 Å². The van der Waals surface area contributed by atoms with Crippen molar-refractivity contribution in [1.82, 2.24) is 0 Å². The first-order valence-corrected chi connectivity index (χ1v) is 8.72. The van der Waals surface area contributed by atoms with Gasteiger partial charge in [-0.15, -0.1) is 0 Å². The maximum absolute atomic E-state index is 12.4. The van der Waals surface area contributed by atoms with E-state index in [0.29, 0.717) is 17.3 Å². The van der Waals surface area contributed by atoms with Gasteiger partial charge in [-0.3, -0.25) is 4.21 Å². The molecular formula is C15H31NOS. The minimum atomic E-state index is -0.738. The van der Waals surface area contributed by atoms with Crippen molar-refractivity contribution >= 4 is 10.8 Å². The van der Waals surface area contributed by atoms with Gasteiger partial charge in [0.25, 0.3) is 0 Å². The van der Waals surface area contributed by atoms with E-state index in [4.69, 9.17) is 5.73 Å². The first kappa shape index (κ1) is 16.2. The van der Waals surface area contributed by atoms with E-state index in [-0.39, 0.29) is 11.3 Å². The van der Waals surface area contributed by atoms with Crippen LogP contribution in [-0.4, -0.2) is 21.3 Å². The molecule has 4 unspecified atom stereocenters. The minimum absolute atomic E-state index is 0.150. The van der Waals surface area contributed by atoms with Crippen LogP contribution >= 0.6 is 0 Å². The second-order valence-electron chi connectivity index (χ2n) is 7.35. The van der Waals surface area contributed by atoms with Gasteiger partial charge in [-0.05, 0) is 42.9 Å². The summed E-state index contributed by atoms with van der Waals surface area (Å²) in [6, 6.07) is 0.150. The molecular weight excluding hydrogens is 242 g/mol. The van der Waals surface area contributed by atoms with E-state index in [0.717, 1.165) is 25.0 Å². The van der Waals surface area contributed by atoms with Gasteiger partial charge in [0.05, 0.1) is 5.25 Å². The zero-order chi connectivity index (χ0) is 13.9. The van der Waals surface area contributed by atoms with E-state index in [1.54, 1.807) is 0 Å². The molecule has 0 saturated heterocycles. The molecule has 0 amide bonds. The third-order valence-electron chi connectivity index (χ3n) is 4.30. The van der Waals surface area contributed by atoms with Crippen molar-refractivity contribution in [1.29, 1.82) is 0 Å². The molecule has 2 N–H and O–H groups in total. The molecule has 0 aromatic carbocycles. The summed E-state index contributed by atoms with van der Waals surface area (Å²) in [6.45, 7) is 11.3. The van der Waals surface area contributed by atoms with Crippen molar-refractivity contribution in [3.63, 3.8) is 0 Å². The SMILES string of the molecule is CC(C)CCS(=O)C1CC(C(C)(C)C)CCC1N. The molecule has 1 aliphatic rings. The second kappa shape index (κ2) is 6.51. The topological polar surface area (TPSA) is 43.1 Å². The molecule has 0 spiro atoms. The average molecular weight is 273 g/mol. The molecule has 18 heavy (non-hydrogen) atoms. The molecule has 0 aliphatic heterocycles. The maximum atomic E-state index is 12.4. The fourth-order valence-corrected chi connectivity index (χ4v) is 4.72. The predicted octanol–water partition coefficient (Wildman–Crippen LogP) is 3.32. The van der Waals surface area contributed by atoms with E-state index in [1.165, 1.54) is 6.42 Å². The summed E-state index contributed by atoms with van der Waals surface area (Å²) in [6.07, 6.45) is 4.34. The van der Waals surface area contributed by atoms with Crippen LogP contribution in [0.15, 0.2) is 0 Å². The van der Waals surface area contributed by atoms with Crippen LogP contribution in [0.2, 0.25) is 0 Å². The molecule has 1 rings (SSSR count). The molecule has 4 atom stereocenters. The Labute approximate surface area is 116 Å². The summed E-state index contributed by atoms with van der Waals surface area (Å²) < 4.78 is 12.4. The lowest BCUT2D eigenvalue weighted by Gasteiger charge is -2.40. The van der Waals surface area contributed by atoms with Gasteiger partial charge in [-0.2, -0.15) is 0 Å². The molecule has 1 aliphatic carbocycles. The van der Waals surface area contributed by atoms with Gasteiger partial charge in [-0.1, -0.05) is 34.6 Å². The Hall–Kier alpha value is 0.110. The number of nitrogens with two attached hydrogens (primary N) is 1. The van der Waals surface area contributed by atoms with E-state index in [9.17, 15) is 4.21 Å². The van der Waals surface area contributed by atoms with Crippen LogP contribution < -0.4 is 5.73 Å². The lowest BCUT2D eigenvalue weighted by molar-refractivity contribution is 0.173. The van der Waals surface area contributed by atoms with Crippen LogP contribution in [0.4, 0.5) is 0 Å². The quantitative estimate of drug-likeness (QED) is 0.854. The lowest BCUT2D eigenvalue weighted by atomic mass is 9.71. The Morgan fingerprint density at radius 3 is 2.39 bits per heavy atom. The number of rotatable bonds is 4. The van der Waals surface area contributed by atoms with Gasteiger partial charge in [0, 0.05) is 22.6 Å². The Bertz CT molecular complexity index is 283. The Morgan fingerprint density at radius 2 is 1.89 bits per heavy atom. The van der Waals surface area contributed by atoms with Crippen molar-refractivity contribution < 1.29 is 4.21 Å². The van der Waals surface area contributed by atoms with Gasteiger partial charge in [0.2, 0.25) is 0 Å². The van der Waals surface area contributed by atoms with Gasteiger partial charge >= 0.3 is 0 Å². The van der Waals surface area contributed by atoms with Crippen LogP contribution in [0, 0.1) is 17.3 Å². The van der Waals surface area contributed by atoms with E-state index in [2.05, 4.69) is 34.6 Å². The fraction of sp³-hybridized carbons (Fsp3) is 1.00.